The van der Waals surface area contributed by atoms with Gasteiger partial charge in [-0.05, 0) is 65.9 Å². The Morgan fingerprint density at radius 3 is 2.54 bits per heavy atom. The van der Waals surface area contributed by atoms with Crippen LogP contribution >= 0.6 is 11.6 Å². The van der Waals surface area contributed by atoms with Gasteiger partial charge in [-0.15, -0.1) is 0 Å². The fourth-order valence-corrected chi connectivity index (χ4v) is 4.61. The highest BCUT2D eigenvalue weighted by atomic mass is 35.5. The Hall–Kier alpha value is -3.13. The molecule has 2 N–H and O–H groups in total. The van der Waals surface area contributed by atoms with Crippen LogP contribution < -0.4 is 10.6 Å². The van der Waals surface area contributed by atoms with Crippen molar-refractivity contribution >= 4 is 35.1 Å². The van der Waals surface area contributed by atoms with Crippen molar-refractivity contribution in [3.63, 3.8) is 0 Å². The van der Waals surface area contributed by atoms with Crippen LogP contribution in [0.5, 0.6) is 0 Å². The molecule has 0 unspecified atom stereocenters. The first-order valence-corrected chi connectivity index (χ1v) is 13.2. The first-order chi connectivity index (χ1) is 17.5. The number of allylic oxidation sites excluding steroid dienone is 1. The van der Waals surface area contributed by atoms with E-state index in [1.165, 1.54) is 12.0 Å². The Morgan fingerprint density at radius 1 is 1.16 bits per heavy atom. The van der Waals surface area contributed by atoms with Gasteiger partial charge in [-0.1, -0.05) is 46.6 Å². The van der Waals surface area contributed by atoms with Gasteiger partial charge in [-0.3, -0.25) is 14.4 Å². The standard InChI is InChI=1S/C28H37ClN4O4/c1-19-18-23(32-37-19)30-24(34)14-15-25(35)33(17-16-20-10-6-5-7-11-20)26(27(36)31-28(2,3)4)21-12-8-9-13-22(21)29/h8-10,12-13,18,26H,5-7,11,14-17H2,1-4H3,(H,31,36)(H,30,32,34)/t26-/m1/s1. The number of halogens is 1. The fraction of sp³-hybridized carbons (Fsp3) is 0.500. The van der Waals surface area contributed by atoms with E-state index in [0.717, 1.165) is 19.3 Å². The van der Waals surface area contributed by atoms with Gasteiger partial charge < -0.3 is 20.1 Å². The Labute approximate surface area is 223 Å². The smallest absolute Gasteiger partial charge is 0.247 e. The lowest BCUT2D eigenvalue weighted by Gasteiger charge is -2.34. The molecule has 0 saturated heterocycles. The molecule has 3 rings (SSSR count). The molecular weight excluding hydrogens is 492 g/mol. The normalized spacial score (nSPS) is 14.5. The topological polar surface area (TPSA) is 105 Å². The molecule has 200 valence electrons. The summed E-state index contributed by atoms with van der Waals surface area (Å²) in [6.45, 7) is 7.75. The summed E-state index contributed by atoms with van der Waals surface area (Å²) in [5.74, 6) is -0.0902. The van der Waals surface area contributed by atoms with E-state index in [1.54, 1.807) is 42.2 Å². The van der Waals surface area contributed by atoms with Gasteiger partial charge in [0.2, 0.25) is 17.7 Å². The number of carbonyl (C=O) groups excluding carboxylic acids is 3. The average molecular weight is 529 g/mol. The quantitative estimate of drug-likeness (QED) is 0.383. The summed E-state index contributed by atoms with van der Waals surface area (Å²) < 4.78 is 4.97. The third-order valence-corrected chi connectivity index (χ3v) is 6.44. The zero-order chi connectivity index (χ0) is 27.0. The summed E-state index contributed by atoms with van der Waals surface area (Å²) in [4.78, 5) is 41.3. The predicted molar refractivity (Wildman–Crippen MR) is 144 cm³/mol. The second-order valence-electron chi connectivity index (χ2n) is 10.5. The zero-order valence-electron chi connectivity index (χ0n) is 22.1. The molecule has 0 saturated carbocycles. The Bertz CT molecular complexity index is 1140. The minimum atomic E-state index is -0.925. The van der Waals surface area contributed by atoms with Gasteiger partial charge in [-0.25, -0.2) is 0 Å². The van der Waals surface area contributed by atoms with Crippen LogP contribution in [-0.2, 0) is 14.4 Å². The Balaban J connectivity index is 1.85. The molecule has 9 heteroatoms. The fourth-order valence-electron chi connectivity index (χ4n) is 4.37. The second-order valence-corrected chi connectivity index (χ2v) is 10.9. The largest absolute Gasteiger partial charge is 0.360 e. The molecule has 37 heavy (non-hydrogen) atoms. The van der Waals surface area contributed by atoms with Crippen molar-refractivity contribution < 1.29 is 18.9 Å². The zero-order valence-corrected chi connectivity index (χ0v) is 22.9. The lowest BCUT2D eigenvalue weighted by atomic mass is 9.96. The molecule has 8 nitrogen and oxygen atoms in total. The van der Waals surface area contributed by atoms with Crippen LogP contribution in [0.25, 0.3) is 0 Å². The molecule has 1 atom stereocenters. The van der Waals surface area contributed by atoms with Gasteiger partial charge in [0.1, 0.15) is 11.8 Å². The van der Waals surface area contributed by atoms with Crippen molar-refractivity contribution in [3.05, 3.63) is 58.3 Å². The van der Waals surface area contributed by atoms with Crippen LogP contribution in [0.1, 0.15) is 83.1 Å². The van der Waals surface area contributed by atoms with E-state index < -0.39 is 11.6 Å². The highest BCUT2D eigenvalue weighted by Crippen LogP contribution is 2.31. The van der Waals surface area contributed by atoms with Crippen LogP contribution in [0.3, 0.4) is 0 Å². The highest BCUT2D eigenvalue weighted by molar-refractivity contribution is 6.31. The van der Waals surface area contributed by atoms with Crippen LogP contribution in [0, 0.1) is 6.92 Å². The van der Waals surface area contributed by atoms with E-state index in [1.807, 2.05) is 20.8 Å². The first-order valence-electron chi connectivity index (χ1n) is 12.8. The second kappa shape index (κ2) is 12.9. The molecular formula is C28H37ClN4O4. The highest BCUT2D eigenvalue weighted by Gasteiger charge is 2.34. The van der Waals surface area contributed by atoms with Crippen molar-refractivity contribution in [2.45, 2.75) is 84.2 Å². The number of nitrogens with one attached hydrogen (secondary N) is 2. The Morgan fingerprint density at radius 2 is 1.92 bits per heavy atom. The molecule has 0 aliphatic heterocycles. The number of rotatable bonds is 10. The predicted octanol–water partition coefficient (Wildman–Crippen LogP) is 5.73. The van der Waals surface area contributed by atoms with Gasteiger partial charge in [0, 0.05) is 41.6 Å². The molecule has 1 aromatic carbocycles. The van der Waals surface area contributed by atoms with E-state index in [2.05, 4.69) is 21.9 Å². The van der Waals surface area contributed by atoms with Crippen molar-refractivity contribution in [1.29, 1.82) is 0 Å². The lowest BCUT2D eigenvalue weighted by molar-refractivity contribution is -0.142. The maximum absolute atomic E-state index is 13.6. The summed E-state index contributed by atoms with van der Waals surface area (Å²) in [6.07, 6.45) is 7.10. The molecule has 2 aromatic rings. The van der Waals surface area contributed by atoms with Crippen molar-refractivity contribution in [3.8, 4) is 0 Å². The molecule has 0 bridgehead atoms. The molecule has 1 aromatic heterocycles. The summed E-state index contributed by atoms with van der Waals surface area (Å²) in [5, 5.41) is 9.82. The number of aromatic nitrogens is 1. The number of hydrogen-bond acceptors (Lipinski definition) is 5. The number of aryl methyl sites for hydroxylation is 1. The minimum absolute atomic E-state index is 0.0555. The molecule has 1 aliphatic carbocycles. The molecule has 1 heterocycles. The summed E-state index contributed by atoms with van der Waals surface area (Å²) >= 11 is 6.54. The molecule has 0 radical (unpaired) electrons. The monoisotopic (exact) mass is 528 g/mol. The van der Waals surface area contributed by atoms with Crippen molar-refractivity contribution in [1.82, 2.24) is 15.4 Å². The van der Waals surface area contributed by atoms with Gasteiger partial charge in [-0.2, -0.15) is 0 Å². The molecule has 3 amide bonds. The van der Waals surface area contributed by atoms with Gasteiger partial charge in [0.15, 0.2) is 5.82 Å². The van der Waals surface area contributed by atoms with E-state index in [9.17, 15) is 14.4 Å². The number of anilines is 1. The number of amides is 3. The summed E-state index contributed by atoms with van der Waals surface area (Å²) in [6, 6.07) is 7.76. The van der Waals surface area contributed by atoms with Crippen molar-refractivity contribution in [2.24, 2.45) is 0 Å². The Kier molecular flexibility index (Phi) is 9.92. The first kappa shape index (κ1) is 28.4. The molecule has 0 fully saturated rings. The maximum atomic E-state index is 13.6. The van der Waals surface area contributed by atoms with E-state index in [0.29, 0.717) is 35.1 Å². The lowest BCUT2D eigenvalue weighted by Crippen LogP contribution is -2.49. The summed E-state index contributed by atoms with van der Waals surface area (Å²) in [7, 11) is 0. The third kappa shape index (κ3) is 8.74. The molecule has 0 spiro atoms. The van der Waals surface area contributed by atoms with E-state index in [-0.39, 0.29) is 30.6 Å². The van der Waals surface area contributed by atoms with Gasteiger partial charge in [0.25, 0.3) is 0 Å². The SMILES string of the molecule is Cc1cc(NC(=O)CCC(=O)N(CCC2=CCCCC2)[C@@H](C(=O)NC(C)(C)C)c2ccccc2Cl)no1. The van der Waals surface area contributed by atoms with Crippen LogP contribution in [-0.4, -0.2) is 39.9 Å². The van der Waals surface area contributed by atoms with Gasteiger partial charge in [0.05, 0.1) is 0 Å². The van der Waals surface area contributed by atoms with Crippen LogP contribution in [0.2, 0.25) is 5.02 Å². The number of hydrogen-bond donors (Lipinski definition) is 2. The van der Waals surface area contributed by atoms with Crippen LogP contribution in [0.4, 0.5) is 5.82 Å². The minimum Gasteiger partial charge on any atom is -0.360 e. The van der Waals surface area contributed by atoms with E-state index in [4.69, 9.17) is 16.1 Å². The van der Waals surface area contributed by atoms with Crippen LogP contribution in [0.15, 0.2) is 46.5 Å². The van der Waals surface area contributed by atoms with Gasteiger partial charge >= 0.3 is 0 Å². The average Bonchev–Trinajstić information content (AvgIpc) is 3.24. The number of carbonyl (C=O) groups is 3. The summed E-state index contributed by atoms with van der Waals surface area (Å²) in [5.41, 5.74) is 1.34. The molecule has 1 aliphatic rings. The maximum Gasteiger partial charge on any atom is 0.247 e. The number of nitrogens with zero attached hydrogens (tertiary/aromatic N) is 2. The van der Waals surface area contributed by atoms with E-state index >= 15 is 0 Å². The van der Waals surface area contributed by atoms with Crippen molar-refractivity contribution in [2.75, 3.05) is 11.9 Å². The number of benzene rings is 1. The third-order valence-electron chi connectivity index (χ3n) is 6.10.